The van der Waals surface area contributed by atoms with Crippen molar-refractivity contribution in [2.45, 2.75) is 25.8 Å². The van der Waals surface area contributed by atoms with Crippen molar-refractivity contribution in [1.29, 1.82) is 0 Å². The summed E-state index contributed by atoms with van der Waals surface area (Å²) in [6.45, 7) is 3.66. The lowest BCUT2D eigenvalue weighted by atomic mass is 9.91. The molecule has 0 aliphatic heterocycles. The van der Waals surface area contributed by atoms with Crippen LogP contribution in [0.3, 0.4) is 0 Å². The predicted molar refractivity (Wildman–Crippen MR) is 59.6 cm³/mol. The van der Waals surface area contributed by atoms with E-state index in [1.165, 1.54) is 6.92 Å². The summed E-state index contributed by atoms with van der Waals surface area (Å²) in [5, 5.41) is 11.9. The summed E-state index contributed by atoms with van der Waals surface area (Å²) in [7, 11) is 0. The minimum absolute atomic E-state index is 0.0696. The first-order valence-corrected chi connectivity index (χ1v) is 5.35. The molecule has 17 heavy (non-hydrogen) atoms. The highest BCUT2D eigenvalue weighted by molar-refractivity contribution is 5.80. The lowest BCUT2D eigenvalue weighted by molar-refractivity contribution is -0.144. The molecule has 1 unspecified atom stereocenters. The molecular formula is C12H15F2NO2. The zero-order valence-electron chi connectivity index (χ0n) is 9.76. The van der Waals surface area contributed by atoms with Crippen LogP contribution in [0.2, 0.25) is 0 Å². The van der Waals surface area contributed by atoms with Gasteiger partial charge in [0.15, 0.2) is 0 Å². The molecule has 0 saturated heterocycles. The largest absolute Gasteiger partial charge is 0.480 e. The molecule has 1 rings (SSSR count). The topological polar surface area (TPSA) is 49.3 Å². The molecule has 0 radical (unpaired) electrons. The molecule has 1 aromatic rings. The Morgan fingerprint density at radius 1 is 1.47 bits per heavy atom. The maximum absolute atomic E-state index is 13.6. The van der Waals surface area contributed by atoms with Gasteiger partial charge in [-0.05, 0) is 26.0 Å². The van der Waals surface area contributed by atoms with Gasteiger partial charge in [0.25, 0.3) is 0 Å². The molecule has 2 N–H and O–H groups in total. The third-order valence-electron chi connectivity index (χ3n) is 2.63. The predicted octanol–water partition coefficient (Wildman–Crippen LogP) is 2.26. The summed E-state index contributed by atoms with van der Waals surface area (Å²) in [5.41, 5.74) is -1.62. The van der Waals surface area contributed by atoms with Gasteiger partial charge in [0.2, 0.25) is 0 Å². The van der Waals surface area contributed by atoms with Crippen molar-refractivity contribution in [2.24, 2.45) is 0 Å². The number of carboxylic acid groups (broad SMARTS) is 1. The molecule has 1 atom stereocenters. The SMILES string of the molecule is CCCNC(C)(C(=O)O)c1ccc(F)cc1F. The number of carboxylic acids is 1. The number of halogens is 2. The highest BCUT2D eigenvalue weighted by Gasteiger charge is 2.36. The quantitative estimate of drug-likeness (QED) is 0.834. The van der Waals surface area contributed by atoms with Crippen LogP contribution in [0.1, 0.15) is 25.8 Å². The van der Waals surface area contributed by atoms with E-state index in [0.717, 1.165) is 12.1 Å². The van der Waals surface area contributed by atoms with Gasteiger partial charge in [0.05, 0.1) is 0 Å². The fourth-order valence-corrected chi connectivity index (χ4v) is 1.56. The molecule has 0 aliphatic rings. The zero-order chi connectivity index (χ0) is 13.1. The van der Waals surface area contributed by atoms with Crippen molar-refractivity contribution in [2.75, 3.05) is 6.54 Å². The highest BCUT2D eigenvalue weighted by Crippen LogP contribution is 2.24. The van der Waals surface area contributed by atoms with Gasteiger partial charge in [0, 0.05) is 11.6 Å². The summed E-state index contributed by atoms with van der Waals surface area (Å²) in [5.74, 6) is -2.79. The lowest BCUT2D eigenvalue weighted by Gasteiger charge is -2.27. The van der Waals surface area contributed by atoms with Crippen LogP contribution < -0.4 is 5.32 Å². The van der Waals surface area contributed by atoms with Crippen LogP contribution in [0.15, 0.2) is 18.2 Å². The van der Waals surface area contributed by atoms with E-state index in [1.807, 2.05) is 6.92 Å². The van der Waals surface area contributed by atoms with Crippen molar-refractivity contribution < 1.29 is 18.7 Å². The highest BCUT2D eigenvalue weighted by atomic mass is 19.1. The number of carbonyl (C=O) groups is 1. The number of hydrogen-bond donors (Lipinski definition) is 2. The normalized spacial score (nSPS) is 14.4. The first-order valence-electron chi connectivity index (χ1n) is 5.35. The molecule has 0 bridgehead atoms. The number of aliphatic carboxylic acids is 1. The van der Waals surface area contributed by atoms with Crippen molar-refractivity contribution >= 4 is 5.97 Å². The van der Waals surface area contributed by atoms with Gasteiger partial charge in [-0.3, -0.25) is 5.32 Å². The minimum atomic E-state index is -1.55. The fraction of sp³-hybridized carbons (Fsp3) is 0.417. The maximum Gasteiger partial charge on any atom is 0.328 e. The van der Waals surface area contributed by atoms with Crippen molar-refractivity contribution in [3.63, 3.8) is 0 Å². The standard InChI is InChI=1S/C12H15F2NO2/c1-3-6-15-12(2,11(16)17)9-5-4-8(13)7-10(9)14/h4-5,7,15H,3,6H2,1-2H3,(H,16,17). The molecule has 0 amide bonds. The van der Waals surface area contributed by atoms with Crippen LogP contribution in [-0.2, 0) is 10.3 Å². The number of hydrogen-bond acceptors (Lipinski definition) is 2. The van der Waals surface area contributed by atoms with Gasteiger partial charge in [-0.2, -0.15) is 0 Å². The molecule has 0 heterocycles. The van der Waals surface area contributed by atoms with E-state index in [2.05, 4.69) is 5.32 Å². The zero-order valence-corrected chi connectivity index (χ0v) is 9.76. The van der Waals surface area contributed by atoms with Gasteiger partial charge in [-0.15, -0.1) is 0 Å². The van der Waals surface area contributed by atoms with Crippen LogP contribution in [0.25, 0.3) is 0 Å². The second-order valence-corrected chi connectivity index (χ2v) is 3.98. The van der Waals surface area contributed by atoms with E-state index in [9.17, 15) is 18.7 Å². The Labute approximate surface area is 98.5 Å². The van der Waals surface area contributed by atoms with Crippen molar-refractivity contribution in [3.8, 4) is 0 Å². The molecule has 3 nitrogen and oxygen atoms in total. The van der Waals surface area contributed by atoms with Crippen LogP contribution in [0, 0.1) is 11.6 Å². The first kappa shape index (κ1) is 13.6. The summed E-state index contributed by atoms with van der Waals surface area (Å²) in [6, 6.07) is 2.89. The smallest absolute Gasteiger partial charge is 0.328 e. The van der Waals surface area contributed by atoms with E-state index in [4.69, 9.17) is 0 Å². The van der Waals surface area contributed by atoms with E-state index < -0.39 is 23.1 Å². The van der Waals surface area contributed by atoms with E-state index in [-0.39, 0.29) is 5.56 Å². The molecular weight excluding hydrogens is 228 g/mol. The maximum atomic E-state index is 13.6. The molecule has 0 aliphatic carbocycles. The van der Waals surface area contributed by atoms with Gasteiger partial charge in [-0.25, -0.2) is 13.6 Å². The summed E-state index contributed by atoms with van der Waals surface area (Å²) >= 11 is 0. The Bertz CT molecular complexity index is 423. The number of rotatable bonds is 5. The van der Waals surface area contributed by atoms with Gasteiger partial charge in [0.1, 0.15) is 17.2 Å². The van der Waals surface area contributed by atoms with Crippen molar-refractivity contribution in [3.05, 3.63) is 35.4 Å². The molecule has 0 fully saturated rings. The molecule has 0 saturated carbocycles. The van der Waals surface area contributed by atoms with Crippen LogP contribution in [0.4, 0.5) is 8.78 Å². The average molecular weight is 243 g/mol. The summed E-state index contributed by atoms with van der Waals surface area (Å²) in [4.78, 5) is 11.2. The molecule has 1 aromatic carbocycles. The van der Waals surface area contributed by atoms with Crippen LogP contribution in [0.5, 0.6) is 0 Å². The van der Waals surface area contributed by atoms with Gasteiger partial charge >= 0.3 is 5.97 Å². The number of nitrogens with one attached hydrogen (secondary N) is 1. The molecule has 94 valence electrons. The Kier molecular flexibility index (Phi) is 4.17. The van der Waals surface area contributed by atoms with Gasteiger partial charge < -0.3 is 5.11 Å². The Balaban J connectivity index is 3.17. The Morgan fingerprint density at radius 3 is 2.59 bits per heavy atom. The summed E-state index contributed by atoms with van der Waals surface area (Å²) in [6.07, 6.45) is 0.714. The lowest BCUT2D eigenvalue weighted by Crippen LogP contribution is -2.47. The monoisotopic (exact) mass is 243 g/mol. The molecule has 0 spiro atoms. The molecule has 0 aromatic heterocycles. The Morgan fingerprint density at radius 2 is 2.12 bits per heavy atom. The third-order valence-corrected chi connectivity index (χ3v) is 2.63. The van der Waals surface area contributed by atoms with E-state index in [0.29, 0.717) is 19.0 Å². The first-order chi connectivity index (χ1) is 7.91. The third kappa shape index (κ3) is 2.79. The molecule has 5 heteroatoms. The second kappa shape index (κ2) is 5.23. The van der Waals surface area contributed by atoms with Crippen LogP contribution in [-0.4, -0.2) is 17.6 Å². The number of benzene rings is 1. The van der Waals surface area contributed by atoms with E-state index in [1.54, 1.807) is 0 Å². The summed E-state index contributed by atoms with van der Waals surface area (Å²) < 4.78 is 26.4. The van der Waals surface area contributed by atoms with Crippen LogP contribution >= 0.6 is 0 Å². The van der Waals surface area contributed by atoms with Gasteiger partial charge in [-0.1, -0.05) is 13.0 Å². The Hall–Kier alpha value is -1.49. The van der Waals surface area contributed by atoms with E-state index >= 15 is 0 Å². The average Bonchev–Trinajstić information content (AvgIpc) is 2.25. The van der Waals surface area contributed by atoms with Crippen molar-refractivity contribution in [1.82, 2.24) is 5.32 Å². The minimum Gasteiger partial charge on any atom is -0.480 e. The fourth-order valence-electron chi connectivity index (χ4n) is 1.56. The second-order valence-electron chi connectivity index (χ2n) is 3.98.